The van der Waals surface area contributed by atoms with Crippen molar-refractivity contribution in [2.75, 3.05) is 37.5 Å². The number of amides is 1. The Labute approximate surface area is 125 Å². The van der Waals surface area contributed by atoms with E-state index < -0.39 is 9.84 Å². The van der Waals surface area contributed by atoms with E-state index in [0.29, 0.717) is 12.2 Å². The van der Waals surface area contributed by atoms with Gasteiger partial charge in [0.1, 0.15) is 6.04 Å². The lowest BCUT2D eigenvalue weighted by atomic mass is 10.1. The predicted molar refractivity (Wildman–Crippen MR) is 83.0 cm³/mol. The van der Waals surface area contributed by atoms with Gasteiger partial charge in [0.25, 0.3) is 0 Å². The molecule has 116 valence electrons. The molecule has 21 heavy (non-hydrogen) atoms. The largest absolute Gasteiger partial charge is 0.396 e. The third-order valence-corrected chi connectivity index (χ3v) is 4.89. The molecule has 1 aliphatic rings. The van der Waals surface area contributed by atoms with Crippen molar-refractivity contribution in [3.63, 3.8) is 0 Å². The molecule has 7 heteroatoms. The summed E-state index contributed by atoms with van der Waals surface area (Å²) in [6.45, 7) is 0.696. The zero-order chi connectivity index (χ0) is 15.8. The van der Waals surface area contributed by atoms with Crippen LogP contribution in [0.3, 0.4) is 0 Å². The number of hydrogen-bond donors (Lipinski definition) is 1. The molecule has 2 N–H and O–H groups in total. The van der Waals surface area contributed by atoms with E-state index in [1.165, 1.54) is 6.07 Å². The minimum absolute atomic E-state index is 0.0108. The van der Waals surface area contributed by atoms with Crippen LogP contribution >= 0.6 is 0 Å². The van der Waals surface area contributed by atoms with Gasteiger partial charge < -0.3 is 15.5 Å². The number of carbonyl (C=O) groups is 1. The summed E-state index contributed by atoms with van der Waals surface area (Å²) < 4.78 is 23.5. The summed E-state index contributed by atoms with van der Waals surface area (Å²) in [5.41, 5.74) is 6.88. The average molecular weight is 311 g/mol. The number of anilines is 2. The van der Waals surface area contributed by atoms with Crippen molar-refractivity contribution < 1.29 is 13.2 Å². The van der Waals surface area contributed by atoms with Gasteiger partial charge in [-0.2, -0.15) is 0 Å². The van der Waals surface area contributed by atoms with Crippen LogP contribution in [0.4, 0.5) is 11.4 Å². The first-order valence-corrected chi connectivity index (χ1v) is 8.69. The Morgan fingerprint density at radius 2 is 2.05 bits per heavy atom. The average Bonchev–Trinajstić information content (AvgIpc) is 2.85. The minimum atomic E-state index is -3.39. The van der Waals surface area contributed by atoms with Crippen molar-refractivity contribution >= 4 is 27.1 Å². The molecule has 1 aromatic rings. The number of rotatable bonds is 3. The fourth-order valence-corrected chi connectivity index (χ4v) is 3.55. The van der Waals surface area contributed by atoms with Gasteiger partial charge in [-0.25, -0.2) is 8.42 Å². The molecule has 1 aromatic carbocycles. The van der Waals surface area contributed by atoms with Gasteiger partial charge in [0.15, 0.2) is 9.84 Å². The fourth-order valence-electron chi connectivity index (χ4n) is 2.72. The van der Waals surface area contributed by atoms with Crippen LogP contribution in [0.2, 0.25) is 0 Å². The standard InChI is InChI=1S/C14H21N3O3S/c1-16(2)14(18)11-7-5-9-17(11)10-6-4-8-12(13(10)15)21(3,19)20/h4,6,8,11H,5,7,9,15H2,1-3H3. The molecule has 1 fully saturated rings. The lowest BCUT2D eigenvalue weighted by Gasteiger charge is -2.29. The zero-order valence-electron chi connectivity index (χ0n) is 12.5. The molecule has 1 atom stereocenters. The number of nitrogens with two attached hydrogens (primary N) is 1. The summed E-state index contributed by atoms with van der Waals surface area (Å²) in [5, 5.41) is 0. The highest BCUT2D eigenvalue weighted by atomic mass is 32.2. The molecular formula is C14H21N3O3S. The van der Waals surface area contributed by atoms with Crippen LogP contribution in [0.1, 0.15) is 12.8 Å². The molecule has 6 nitrogen and oxygen atoms in total. The van der Waals surface area contributed by atoms with E-state index in [0.717, 1.165) is 19.1 Å². The van der Waals surface area contributed by atoms with Crippen molar-refractivity contribution in [2.24, 2.45) is 0 Å². The number of hydrogen-bond acceptors (Lipinski definition) is 5. The van der Waals surface area contributed by atoms with Crippen LogP contribution in [-0.4, -0.2) is 52.2 Å². The molecule has 0 saturated carbocycles. The maximum absolute atomic E-state index is 12.2. The first-order valence-electron chi connectivity index (χ1n) is 6.80. The predicted octanol–water partition coefficient (Wildman–Crippen LogP) is 0.729. The Kier molecular flexibility index (Phi) is 4.13. The minimum Gasteiger partial charge on any atom is -0.396 e. The summed E-state index contributed by atoms with van der Waals surface area (Å²) in [7, 11) is 0.0481. The summed E-state index contributed by atoms with van der Waals surface area (Å²) in [6.07, 6.45) is 2.77. The molecular weight excluding hydrogens is 290 g/mol. The molecule has 0 aliphatic carbocycles. The maximum atomic E-state index is 12.2. The Bertz CT molecular complexity index is 655. The van der Waals surface area contributed by atoms with E-state index in [1.54, 1.807) is 31.1 Å². The van der Waals surface area contributed by atoms with Crippen LogP contribution in [0.25, 0.3) is 0 Å². The van der Waals surface area contributed by atoms with E-state index in [2.05, 4.69) is 0 Å². The van der Waals surface area contributed by atoms with Gasteiger partial charge in [-0.05, 0) is 25.0 Å². The number of nitrogen functional groups attached to an aromatic ring is 1. The number of nitrogens with zero attached hydrogens (tertiary/aromatic N) is 2. The summed E-state index contributed by atoms with van der Waals surface area (Å²) >= 11 is 0. The highest BCUT2D eigenvalue weighted by Crippen LogP contribution is 2.34. The highest BCUT2D eigenvalue weighted by Gasteiger charge is 2.33. The van der Waals surface area contributed by atoms with Crippen LogP contribution in [-0.2, 0) is 14.6 Å². The summed E-state index contributed by atoms with van der Waals surface area (Å²) in [4.78, 5) is 15.8. The number of para-hydroxylation sites is 1. The van der Waals surface area contributed by atoms with E-state index in [1.807, 2.05) is 4.90 Å². The Morgan fingerprint density at radius 3 is 2.62 bits per heavy atom. The van der Waals surface area contributed by atoms with Crippen LogP contribution < -0.4 is 10.6 Å². The second-order valence-electron chi connectivity index (χ2n) is 5.55. The van der Waals surface area contributed by atoms with Gasteiger partial charge in [-0.3, -0.25) is 4.79 Å². The molecule has 1 amide bonds. The lowest BCUT2D eigenvalue weighted by Crippen LogP contribution is -2.43. The van der Waals surface area contributed by atoms with E-state index >= 15 is 0 Å². The van der Waals surface area contributed by atoms with Gasteiger partial charge in [-0.1, -0.05) is 6.07 Å². The lowest BCUT2D eigenvalue weighted by molar-refractivity contribution is -0.129. The monoisotopic (exact) mass is 311 g/mol. The fraction of sp³-hybridized carbons (Fsp3) is 0.500. The van der Waals surface area contributed by atoms with Gasteiger partial charge >= 0.3 is 0 Å². The molecule has 1 heterocycles. The first kappa shape index (κ1) is 15.6. The molecule has 1 unspecified atom stereocenters. The molecule has 2 rings (SSSR count). The SMILES string of the molecule is CN(C)C(=O)C1CCCN1c1cccc(S(C)(=O)=O)c1N. The van der Waals surface area contributed by atoms with Crippen molar-refractivity contribution in [3.8, 4) is 0 Å². The molecule has 0 radical (unpaired) electrons. The number of carbonyl (C=O) groups excluding carboxylic acids is 1. The van der Waals surface area contributed by atoms with Crippen molar-refractivity contribution in [1.29, 1.82) is 0 Å². The maximum Gasteiger partial charge on any atom is 0.244 e. The van der Waals surface area contributed by atoms with Crippen LogP contribution in [0, 0.1) is 0 Å². The van der Waals surface area contributed by atoms with E-state index in [-0.39, 0.29) is 22.5 Å². The van der Waals surface area contributed by atoms with Gasteiger partial charge in [0, 0.05) is 26.9 Å². The van der Waals surface area contributed by atoms with Gasteiger partial charge in [-0.15, -0.1) is 0 Å². The Balaban J connectivity index is 2.45. The molecule has 0 bridgehead atoms. The smallest absolute Gasteiger partial charge is 0.244 e. The number of likely N-dealkylation sites (N-methyl/N-ethyl adjacent to an activating group) is 1. The van der Waals surface area contributed by atoms with Crippen LogP contribution in [0.5, 0.6) is 0 Å². The summed E-state index contributed by atoms with van der Waals surface area (Å²) in [6, 6.07) is 4.65. The molecule has 1 aliphatic heterocycles. The third kappa shape index (κ3) is 2.97. The van der Waals surface area contributed by atoms with Crippen molar-refractivity contribution in [1.82, 2.24) is 4.90 Å². The van der Waals surface area contributed by atoms with Crippen molar-refractivity contribution in [2.45, 2.75) is 23.8 Å². The second-order valence-corrected chi connectivity index (χ2v) is 7.53. The van der Waals surface area contributed by atoms with Crippen LogP contribution in [0.15, 0.2) is 23.1 Å². The zero-order valence-corrected chi connectivity index (χ0v) is 13.4. The quantitative estimate of drug-likeness (QED) is 0.832. The van der Waals surface area contributed by atoms with Gasteiger partial charge in [0.2, 0.25) is 5.91 Å². The Hall–Kier alpha value is -1.76. The molecule has 1 saturated heterocycles. The molecule has 0 spiro atoms. The van der Waals surface area contributed by atoms with E-state index in [9.17, 15) is 13.2 Å². The third-order valence-electron chi connectivity index (χ3n) is 3.73. The Morgan fingerprint density at radius 1 is 1.38 bits per heavy atom. The normalized spacial score (nSPS) is 18.8. The number of benzene rings is 1. The topological polar surface area (TPSA) is 83.7 Å². The van der Waals surface area contributed by atoms with E-state index in [4.69, 9.17) is 5.73 Å². The number of sulfone groups is 1. The second kappa shape index (κ2) is 5.55. The van der Waals surface area contributed by atoms with Crippen molar-refractivity contribution in [3.05, 3.63) is 18.2 Å². The first-order chi connectivity index (χ1) is 9.73. The molecule has 0 aromatic heterocycles. The highest BCUT2D eigenvalue weighted by molar-refractivity contribution is 7.90. The van der Waals surface area contributed by atoms with Gasteiger partial charge in [0.05, 0.1) is 16.3 Å². The summed E-state index contributed by atoms with van der Waals surface area (Å²) in [5.74, 6) is 0.0108.